The zero-order valence-electron chi connectivity index (χ0n) is 6.49. The fourth-order valence-electron chi connectivity index (χ4n) is 0.821. The van der Waals surface area contributed by atoms with E-state index in [1.807, 2.05) is 0 Å². The summed E-state index contributed by atoms with van der Waals surface area (Å²) in [5.41, 5.74) is 0. The first kappa shape index (κ1) is 10.9. The normalized spacial score (nSPS) is 12.4. The van der Waals surface area contributed by atoms with Crippen LogP contribution in [0.3, 0.4) is 0 Å². The Morgan fingerprint density at radius 2 is 1.83 bits per heavy atom. The summed E-state index contributed by atoms with van der Waals surface area (Å²) in [7, 11) is 0. The van der Waals surface area contributed by atoms with Crippen molar-refractivity contribution in [2.24, 2.45) is 5.92 Å². The second kappa shape index (κ2) is 5.51. The van der Waals surface area contributed by atoms with Crippen LogP contribution in [-0.2, 0) is 9.59 Å². The third kappa shape index (κ3) is 4.65. The number of halogens is 1. The van der Waals surface area contributed by atoms with Gasteiger partial charge in [-0.2, -0.15) is 0 Å². The van der Waals surface area contributed by atoms with Crippen molar-refractivity contribution in [3.05, 3.63) is 0 Å². The molecule has 4 nitrogen and oxygen atoms in total. The average molecular weight is 178 g/mol. The van der Waals surface area contributed by atoms with E-state index >= 15 is 0 Å². The summed E-state index contributed by atoms with van der Waals surface area (Å²) in [6, 6.07) is 0. The van der Waals surface area contributed by atoms with Gasteiger partial charge in [0, 0.05) is 6.42 Å². The monoisotopic (exact) mass is 178 g/mol. The number of rotatable bonds is 6. The molecule has 0 aliphatic rings. The third-order valence-electron chi connectivity index (χ3n) is 1.51. The molecule has 70 valence electrons. The lowest BCUT2D eigenvalue weighted by atomic mass is 10.0. The van der Waals surface area contributed by atoms with Crippen LogP contribution in [0, 0.1) is 5.92 Å². The van der Waals surface area contributed by atoms with Gasteiger partial charge < -0.3 is 10.2 Å². The van der Waals surface area contributed by atoms with Crippen molar-refractivity contribution in [3.8, 4) is 0 Å². The Morgan fingerprint density at radius 3 is 2.17 bits per heavy atom. The highest BCUT2D eigenvalue weighted by Crippen LogP contribution is 2.11. The molecule has 0 aliphatic heterocycles. The number of aliphatic carboxylic acids is 2. The molecule has 0 aromatic carbocycles. The van der Waals surface area contributed by atoms with Crippen molar-refractivity contribution in [1.29, 1.82) is 0 Å². The van der Waals surface area contributed by atoms with E-state index < -0.39 is 24.5 Å². The van der Waals surface area contributed by atoms with Crippen LogP contribution in [0.5, 0.6) is 0 Å². The number of carboxylic acids is 2. The Balaban J connectivity index is 3.79. The summed E-state index contributed by atoms with van der Waals surface area (Å²) >= 11 is 0. The van der Waals surface area contributed by atoms with Crippen LogP contribution in [0.4, 0.5) is 4.39 Å². The van der Waals surface area contributed by atoms with Crippen LogP contribution in [0.2, 0.25) is 0 Å². The minimum Gasteiger partial charge on any atom is -0.481 e. The summed E-state index contributed by atoms with van der Waals surface area (Å²) in [5.74, 6) is -3.06. The molecule has 0 heterocycles. The molecule has 0 saturated carbocycles. The molecular weight excluding hydrogens is 167 g/mol. The molecule has 0 rings (SSSR count). The van der Waals surface area contributed by atoms with Gasteiger partial charge in [0.05, 0.1) is 12.6 Å². The molecule has 1 atom stereocenters. The Labute approximate surface area is 69.0 Å². The maximum Gasteiger partial charge on any atom is 0.306 e. The molecule has 1 unspecified atom stereocenters. The van der Waals surface area contributed by atoms with Crippen LogP contribution >= 0.6 is 0 Å². The molecule has 0 radical (unpaired) electrons. The molecule has 0 saturated heterocycles. The van der Waals surface area contributed by atoms with E-state index in [0.717, 1.165) is 0 Å². The van der Waals surface area contributed by atoms with E-state index in [0.29, 0.717) is 0 Å². The number of carbonyl (C=O) groups is 2. The standard InChI is InChI=1S/C7H11FO4/c8-4-3-5(7(11)12)1-2-6(9)10/h5H,1-4H2,(H,9,10)(H,11,12). The van der Waals surface area contributed by atoms with E-state index in [1.54, 1.807) is 0 Å². The van der Waals surface area contributed by atoms with Gasteiger partial charge in [-0.05, 0) is 12.8 Å². The van der Waals surface area contributed by atoms with Crippen molar-refractivity contribution in [1.82, 2.24) is 0 Å². The quantitative estimate of drug-likeness (QED) is 0.634. The molecule has 0 bridgehead atoms. The van der Waals surface area contributed by atoms with Gasteiger partial charge in [0.15, 0.2) is 0 Å². The summed E-state index contributed by atoms with van der Waals surface area (Å²) in [4.78, 5) is 20.4. The van der Waals surface area contributed by atoms with Gasteiger partial charge in [-0.15, -0.1) is 0 Å². The predicted molar refractivity (Wildman–Crippen MR) is 38.6 cm³/mol. The Hall–Kier alpha value is -1.13. The lowest BCUT2D eigenvalue weighted by Gasteiger charge is -2.07. The molecule has 5 heteroatoms. The second-order valence-corrected chi connectivity index (χ2v) is 2.45. The molecular formula is C7H11FO4. The average Bonchev–Trinajstić information content (AvgIpc) is 1.96. The highest BCUT2D eigenvalue weighted by Gasteiger charge is 2.17. The summed E-state index contributed by atoms with van der Waals surface area (Å²) < 4.78 is 11.7. The molecule has 0 amide bonds. The minimum atomic E-state index is -1.13. The maximum atomic E-state index is 11.7. The Bertz CT molecular complexity index is 169. The highest BCUT2D eigenvalue weighted by atomic mass is 19.1. The molecule has 12 heavy (non-hydrogen) atoms. The van der Waals surface area contributed by atoms with E-state index in [2.05, 4.69) is 0 Å². The van der Waals surface area contributed by atoms with Crippen LogP contribution in [0.25, 0.3) is 0 Å². The first-order valence-corrected chi connectivity index (χ1v) is 3.58. The Morgan fingerprint density at radius 1 is 1.25 bits per heavy atom. The van der Waals surface area contributed by atoms with Gasteiger partial charge in [0.1, 0.15) is 0 Å². The Kier molecular flexibility index (Phi) is 4.99. The van der Waals surface area contributed by atoms with Crippen LogP contribution in [0.15, 0.2) is 0 Å². The highest BCUT2D eigenvalue weighted by molar-refractivity contribution is 5.72. The zero-order valence-corrected chi connectivity index (χ0v) is 6.49. The van der Waals surface area contributed by atoms with Crippen molar-refractivity contribution >= 4 is 11.9 Å². The number of alkyl halides is 1. The molecule has 0 aromatic heterocycles. The first-order valence-electron chi connectivity index (χ1n) is 3.58. The fraction of sp³-hybridized carbons (Fsp3) is 0.714. The number of hydrogen-bond donors (Lipinski definition) is 2. The smallest absolute Gasteiger partial charge is 0.306 e. The van der Waals surface area contributed by atoms with Crippen molar-refractivity contribution in [2.75, 3.05) is 6.67 Å². The van der Waals surface area contributed by atoms with Gasteiger partial charge in [-0.25, -0.2) is 0 Å². The number of hydrogen-bond acceptors (Lipinski definition) is 2. The lowest BCUT2D eigenvalue weighted by molar-refractivity contribution is -0.143. The van der Waals surface area contributed by atoms with Crippen molar-refractivity contribution in [3.63, 3.8) is 0 Å². The van der Waals surface area contributed by atoms with Gasteiger partial charge in [0.25, 0.3) is 0 Å². The topological polar surface area (TPSA) is 74.6 Å². The number of carboxylic acid groups (broad SMARTS) is 2. The molecule has 0 aliphatic carbocycles. The third-order valence-corrected chi connectivity index (χ3v) is 1.51. The summed E-state index contributed by atoms with van der Waals surface area (Å²) in [5, 5.41) is 16.7. The fourth-order valence-corrected chi connectivity index (χ4v) is 0.821. The minimum absolute atomic E-state index is 0.00537. The maximum absolute atomic E-state index is 11.7. The largest absolute Gasteiger partial charge is 0.481 e. The van der Waals surface area contributed by atoms with E-state index in [1.165, 1.54) is 0 Å². The second-order valence-electron chi connectivity index (χ2n) is 2.45. The molecule has 0 aromatic rings. The summed E-state index contributed by atoms with van der Waals surface area (Å²) in [6.07, 6.45) is -0.339. The van der Waals surface area contributed by atoms with Crippen molar-refractivity contribution < 1.29 is 24.2 Å². The van der Waals surface area contributed by atoms with Gasteiger partial charge in [-0.1, -0.05) is 0 Å². The van der Waals surface area contributed by atoms with Gasteiger partial charge in [-0.3, -0.25) is 14.0 Å². The van der Waals surface area contributed by atoms with Crippen LogP contribution in [0.1, 0.15) is 19.3 Å². The van der Waals surface area contributed by atoms with E-state index in [9.17, 15) is 14.0 Å². The van der Waals surface area contributed by atoms with E-state index in [-0.39, 0.29) is 19.3 Å². The summed E-state index contributed by atoms with van der Waals surface area (Å²) in [6.45, 7) is -0.726. The van der Waals surface area contributed by atoms with E-state index in [4.69, 9.17) is 10.2 Å². The van der Waals surface area contributed by atoms with Crippen LogP contribution < -0.4 is 0 Å². The predicted octanol–water partition coefficient (Wildman–Crippen LogP) is 0.912. The molecule has 2 N–H and O–H groups in total. The lowest BCUT2D eigenvalue weighted by Crippen LogP contribution is -2.15. The van der Waals surface area contributed by atoms with Crippen molar-refractivity contribution in [2.45, 2.75) is 19.3 Å². The SMILES string of the molecule is O=C(O)CCC(CCF)C(=O)O. The zero-order chi connectivity index (χ0) is 9.56. The first-order chi connectivity index (χ1) is 5.57. The van der Waals surface area contributed by atoms with Gasteiger partial charge >= 0.3 is 11.9 Å². The van der Waals surface area contributed by atoms with Crippen LogP contribution in [-0.4, -0.2) is 28.8 Å². The van der Waals surface area contributed by atoms with Gasteiger partial charge in [0.2, 0.25) is 0 Å². The molecule has 0 spiro atoms. The molecule has 0 fully saturated rings.